The summed E-state index contributed by atoms with van der Waals surface area (Å²) in [5.41, 5.74) is 0.621. The molecule has 6 nitrogen and oxygen atoms in total. The Morgan fingerprint density at radius 3 is 2.25 bits per heavy atom. The summed E-state index contributed by atoms with van der Waals surface area (Å²) in [5, 5.41) is 0. The van der Waals surface area contributed by atoms with Gasteiger partial charge in [0.25, 0.3) is 15.9 Å². The molecule has 0 bridgehead atoms. The van der Waals surface area contributed by atoms with Crippen LogP contribution >= 0.6 is 0 Å². The van der Waals surface area contributed by atoms with Crippen LogP contribution < -0.4 is 9.04 Å². The summed E-state index contributed by atoms with van der Waals surface area (Å²) in [6.45, 7) is 5.39. The quantitative estimate of drug-likeness (QED) is 0.713. The van der Waals surface area contributed by atoms with Crippen LogP contribution in [0.15, 0.2) is 59.5 Å². The normalized spacial score (nSPS) is 15.3. The largest absolute Gasteiger partial charge is 0.481 e. The van der Waals surface area contributed by atoms with Crippen molar-refractivity contribution in [1.29, 1.82) is 0 Å². The van der Waals surface area contributed by atoms with Gasteiger partial charge in [0.2, 0.25) is 0 Å². The fraction of sp³-hybridized carbons (Fsp3) is 0.381. The summed E-state index contributed by atoms with van der Waals surface area (Å²) in [6.07, 6.45) is 1.46. The van der Waals surface area contributed by atoms with Crippen molar-refractivity contribution in [2.45, 2.75) is 37.7 Å². The minimum absolute atomic E-state index is 0.0320. The molecule has 150 valence electrons. The molecule has 1 atom stereocenters. The van der Waals surface area contributed by atoms with E-state index in [0.29, 0.717) is 18.0 Å². The molecule has 0 radical (unpaired) electrons. The van der Waals surface area contributed by atoms with Crippen LogP contribution in [0.1, 0.15) is 26.7 Å². The molecule has 1 unspecified atom stereocenters. The summed E-state index contributed by atoms with van der Waals surface area (Å²) in [5.74, 6) is 0.442. The minimum atomic E-state index is -3.68. The summed E-state index contributed by atoms with van der Waals surface area (Å²) >= 11 is 0. The lowest BCUT2D eigenvalue weighted by Gasteiger charge is -2.23. The molecule has 0 N–H and O–H groups in total. The number of anilines is 1. The Hall–Kier alpha value is -2.54. The molecule has 1 aliphatic heterocycles. The standard InChI is InChI=1S/C21H26N2O4S/c1-3-23(18-9-5-4-6-10-18)28(25,26)20-13-11-19(12-14-20)27-17(2)21(24)22-15-7-8-16-22/h4-6,9-14,17H,3,7-8,15-16H2,1-2H3. The zero-order valence-corrected chi connectivity index (χ0v) is 17.1. The fourth-order valence-corrected chi connectivity index (χ4v) is 4.83. The third kappa shape index (κ3) is 4.30. The molecule has 1 heterocycles. The second-order valence-corrected chi connectivity index (χ2v) is 8.63. The number of para-hydroxylation sites is 1. The van der Waals surface area contributed by atoms with Gasteiger partial charge < -0.3 is 9.64 Å². The molecular formula is C21H26N2O4S. The first kappa shape index (κ1) is 20.2. The van der Waals surface area contributed by atoms with Crippen molar-refractivity contribution in [2.75, 3.05) is 23.9 Å². The van der Waals surface area contributed by atoms with Gasteiger partial charge in [0.15, 0.2) is 6.10 Å². The Bertz CT molecular complexity index is 892. The highest BCUT2D eigenvalue weighted by Crippen LogP contribution is 2.25. The Balaban J connectivity index is 1.73. The zero-order chi connectivity index (χ0) is 20.1. The molecule has 28 heavy (non-hydrogen) atoms. The number of carbonyl (C=O) groups is 1. The predicted molar refractivity (Wildman–Crippen MR) is 109 cm³/mol. The lowest BCUT2D eigenvalue weighted by molar-refractivity contribution is -0.136. The SMILES string of the molecule is CCN(c1ccccc1)S(=O)(=O)c1ccc(OC(C)C(=O)N2CCCC2)cc1. The van der Waals surface area contributed by atoms with E-state index in [0.717, 1.165) is 25.9 Å². The van der Waals surface area contributed by atoms with Crippen molar-refractivity contribution in [3.8, 4) is 5.75 Å². The van der Waals surface area contributed by atoms with Crippen molar-refractivity contribution >= 4 is 21.6 Å². The summed E-state index contributed by atoms with van der Waals surface area (Å²) in [7, 11) is -3.68. The first-order valence-electron chi connectivity index (χ1n) is 9.57. The van der Waals surface area contributed by atoms with Crippen LogP contribution in [0.25, 0.3) is 0 Å². The molecule has 0 aliphatic carbocycles. The van der Waals surface area contributed by atoms with Gasteiger partial charge in [-0.15, -0.1) is 0 Å². The maximum Gasteiger partial charge on any atom is 0.264 e. The summed E-state index contributed by atoms with van der Waals surface area (Å²) in [6, 6.07) is 15.2. The predicted octanol–water partition coefficient (Wildman–Crippen LogP) is 3.29. The molecule has 1 amide bonds. The number of ether oxygens (including phenoxy) is 1. The Labute approximate surface area is 166 Å². The number of hydrogen-bond acceptors (Lipinski definition) is 4. The number of benzene rings is 2. The third-order valence-electron chi connectivity index (χ3n) is 4.82. The number of hydrogen-bond donors (Lipinski definition) is 0. The van der Waals surface area contributed by atoms with E-state index in [1.807, 2.05) is 23.1 Å². The minimum Gasteiger partial charge on any atom is -0.481 e. The van der Waals surface area contributed by atoms with Crippen LogP contribution in [0.2, 0.25) is 0 Å². The molecule has 0 saturated carbocycles. The van der Waals surface area contributed by atoms with Crippen LogP contribution in [-0.4, -0.2) is 45.0 Å². The van der Waals surface area contributed by atoms with Crippen LogP contribution in [0.4, 0.5) is 5.69 Å². The van der Waals surface area contributed by atoms with Gasteiger partial charge in [-0.3, -0.25) is 9.10 Å². The Kier molecular flexibility index (Phi) is 6.24. The monoisotopic (exact) mass is 402 g/mol. The molecule has 7 heteroatoms. The highest BCUT2D eigenvalue weighted by atomic mass is 32.2. The topological polar surface area (TPSA) is 66.9 Å². The van der Waals surface area contributed by atoms with E-state index in [2.05, 4.69) is 0 Å². The number of amides is 1. The number of likely N-dealkylation sites (tertiary alicyclic amines) is 1. The third-order valence-corrected chi connectivity index (χ3v) is 6.74. The second kappa shape index (κ2) is 8.65. The first-order valence-corrected chi connectivity index (χ1v) is 11.0. The molecule has 1 saturated heterocycles. The molecule has 2 aromatic rings. The van der Waals surface area contributed by atoms with Gasteiger partial charge in [-0.25, -0.2) is 8.42 Å². The van der Waals surface area contributed by atoms with Gasteiger partial charge in [0.05, 0.1) is 10.6 Å². The van der Waals surface area contributed by atoms with Gasteiger partial charge in [0.1, 0.15) is 5.75 Å². The average molecular weight is 403 g/mol. The molecule has 2 aromatic carbocycles. The van der Waals surface area contributed by atoms with E-state index in [-0.39, 0.29) is 10.8 Å². The van der Waals surface area contributed by atoms with E-state index in [1.54, 1.807) is 38.1 Å². The molecule has 1 aliphatic rings. The fourth-order valence-electron chi connectivity index (χ4n) is 3.35. The van der Waals surface area contributed by atoms with Crippen molar-refractivity contribution in [2.24, 2.45) is 0 Å². The van der Waals surface area contributed by atoms with Crippen molar-refractivity contribution in [3.63, 3.8) is 0 Å². The van der Waals surface area contributed by atoms with E-state index >= 15 is 0 Å². The zero-order valence-electron chi connectivity index (χ0n) is 16.2. The van der Waals surface area contributed by atoms with Gasteiger partial charge in [-0.1, -0.05) is 18.2 Å². The lowest BCUT2D eigenvalue weighted by Crippen LogP contribution is -2.38. The van der Waals surface area contributed by atoms with Gasteiger partial charge >= 0.3 is 0 Å². The molecule has 0 aromatic heterocycles. The molecular weight excluding hydrogens is 376 g/mol. The first-order chi connectivity index (χ1) is 13.4. The molecule has 3 rings (SSSR count). The second-order valence-electron chi connectivity index (χ2n) is 6.77. The highest BCUT2D eigenvalue weighted by Gasteiger charge is 2.26. The number of sulfonamides is 1. The Morgan fingerprint density at radius 2 is 1.68 bits per heavy atom. The van der Waals surface area contributed by atoms with Crippen molar-refractivity contribution in [1.82, 2.24) is 4.90 Å². The van der Waals surface area contributed by atoms with E-state index < -0.39 is 16.1 Å². The molecule has 0 spiro atoms. The molecule has 1 fully saturated rings. The number of carbonyl (C=O) groups excluding carboxylic acids is 1. The lowest BCUT2D eigenvalue weighted by atomic mass is 10.3. The summed E-state index contributed by atoms with van der Waals surface area (Å²) in [4.78, 5) is 14.4. The van der Waals surface area contributed by atoms with Crippen LogP contribution in [0.3, 0.4) is 0 Å². The number of nitrogens with zero attached hydrogens (tertiary/aromatic N) is 2. The van der Waals surface area contributed by atoms with Crippen LogP contribution in [0, 0.1) is 0 Å². The van der Waals surface area contributed by atoms with Crippen molar-refractivity contribution in [3.05, 3.63) is 54.6 Å². The highest BCUT2D eigenvalue weighted by molar-refractivity contribution is 7.92. The smallest absolute Gasteiger partial charge is 0.264 e. The summed E-state index contributed by atoms with van der Waals surface area (Å²) < 4.78 is 33.1. The Morgan fingerprint density at radius 1 is 1.07 bits per heavy atom. The van der Waals surface area contributed by atoms with Crippen LogP contribution in [-0.2, 0) is 14.8 Å². The van der Waals surface area contributed by atoms with Crippen LogP contribution in [0.5, 0.6) is 5.75 Å². The van der Waals surface area contributed by atoms with Gasteiger partial charge in [0, 0.05) is 19.6 Å². The van der Waals surface area contributed by atoms with E-state index in [9.17, 15) is 13.2 Å². The maximum atomic E-state index is 13.0. The van der Waals surface area contributed by atoms with E-state index in [4.69, 9.17) is 4.74 Å². The average Bonchev–Trinajstić information content (AvgIpc) is 3.24. The maximum absolute atomic E-state index is 13.0. The van der Waals surface area contributed by atoms with Crippen molar-refractivity contribution < 1.29 is 17.9 Å². The van der Waals surface area contributed by atoms with E-state index in [1.165, 1.54) is 16.4 Å². The number of rotatable bonds is 7. The van der Waals surface area contributed by atoms with Gasteiger partial charge in [-0.05, 0) is 63.1 Å². The van der Waals surface area contributed by atoms with Gasteiger partial charge in [-0.2, -0.15) is 0 Å².